The Balaban J connectivity index is 1.51. The molecule has 6 heteroatoms. The van der Waals surface area contributed by atoms with Gasteiger partial charge in [-0.15, -0.1) is 0 Å². The van der Waals surface area contributed by atoms with Crippen molar-refractivity contribution in [2.75, 3.05) is 37.6 Å². The zero-order valence-electron chi connectivity index (χ0n) is 20.9. The van der Waals surface area contributed by atoms with Crippen LogP contribution in [0.2, 0.25) is 0 Å². The van der Waals surface area contributed by atoms with Crippen LogP contribution in [0.25, 0.3) is 11.3 Å². The number of hydrogen-bond donors (Lipinski definition) is 1. The third-order valence-corrected chi connectivity index (χ3v) is 6.70. The molecule has 0 spiro atoms. The molecule has 1 fully saturated rings. The monoisotopic (exact) mass is 532 g/mol. The number of hydrogen-bond acceptors (Lipinski definition) is 4. The highest BCUT2D eigenvalue weighted by Crippen LogP contribution is 2.29. The fourth-order valence-electron chi connectivity index (χ4n) is 4.52. The lowest BCUT2D eigenvalue weighted by molar-refractivity contribution is 0.278. The third-order valence-electron chi connectivity index (χ3n) is 6.43. The summed E-state index contributed by atoms with van der Waals surface area (Å²) in [6.07, 6.45) is 4.29. The summed E-state index contributed by atoms with van der Waals surface area (Å²) in [7, 11) is 0. The fourth-order valence-corrected chi connectivity index (χ4v) is 4.65. The first-order valence-corrected chi connectivity index (χ1v) is 12.9. The molecule has 0 saturated carbocycles. The van der Waals surface area contributed by atoms with Crippen molar-refractivity contribution in [3.8, 4) is 11.3 Å². The Kier molecular flexibility index (Phi) is 8.04. The molecular formula is C29H33BrN4O. The second-order valence-corrected chi connectivity index (χ2v) is 10.5. The summed E-state index contributed by atoms with van der Waals surface area (Å²) < 4.78 is 1.14. The molecule has 1 aliphatic carbocycles. The number of anilines is 1. The molecule has 3 aliphatic rings. The molecular weight excluding hydrogens is 500 g/mol. The van der Waals surface area contributed by atoms with Gasteiger partial charge in [0.25, 0.3) is 5.56 Å². The minimum atomic E-state index is -0.0940. The quantitative estimate of drug-likeness (QED) is 0.299. The minimum Gasteiger partial charge on any atom is -0.369 e. The maximum Gasteiger partial charge on any atom is 0.258 e. The van der Waals surface area contributed by atoms with Crippen LogP contribution >= 0.6 is 15.9 Å². The number of rotatable bonds is 6. The summed E-state index contributed by atoms with van der Waals surface area (Å²) in [6.45, 7) is 13.2. The van der Waals surface area contributed by atoms with E-state index in [-0.39, 0.29) is 5.56 Å². The standard InChI is InChI=1S/C29H33BrN4O/c1-20(10-12-22(3)30)19-33-14-16-34(17-15-33)24-13-11-21(2)27(18-24)31-23(4)28-25-8-6-5-7-9-26(25)32-29(28)35/h5-13,18H,14-17,19H2,1-4H3,(H,32,35)/b20-10+,22-12+,31-23+. The van der Waals surface area contributed by atoms with Gasteiger partial charge in [-0.1, -0.05) is 64.0 Å². The summed E-state index contributed by atoms with van der Waals surface area (Å²) in [6, 6.07) is 16.2. The van der Waals surface area contributed by atoms with Crippen LogP contribution in [0, 0.1) is 6.92 Å². The first-order valence-electron chi connectivity index (χ1n) is 12.1. The number of nitrogens with one attached hydrogen (secondary N) is 1. The number of aliphatic imine (C=N–C) groups is 1. The Bertz CT molecular complexity index is 1310. The van der Waals surface area contributed by atoms with Crippen molar-refractivity contribution in [3.05, 3.63) is 92.2 Å². The van der Waals surface area contributed by atoms with E-state index in [9.17, 15) is 4.79 Å². The van der Waals surface area contributed by atoms with Gasteiger partial charge in [-0.3, -0.25) is 14.7 Å². The average molecular weight is 534 g/mol. The molecule has 2 aliphatic heterocycles. The summed E-state index contributed by atoms with van der Waals surface area (Å²) in [5, 5.41) is 0. The highest BCUT2D eigenvalue weighted by molar-refractivity contribution is 9.11. The SMILES string of the molecule is C/C(Br)=C\C=C(/C)CN1CCN(c2ccc(C)c(/N=C(\C)c3c4cccccc-4[nH]c3=O)c2)CC1. The summed E-state index contributed by atoms with van der Waals surface area (Å²) in [5.74, 6) is 0. The van der Waals surface area contributed by atoms with Gasteiger partial charge in [-0.25, -0.2) is 0 Å². The van der Waals surface area contributed by atoms with E-state index in [2.05, 4.69) is 74.9 Å². The second-order valence-electron chi connectivity index (χ2n) is 9.26. The number of halogens is 1. The van der Waals surface area contributed by atoms with Crippen LogP contribution < -0.4 is 10.5 Å². The number of benzene rings is 1. The molecule has 0 radical (unpaired) electrons. The molecule has 0 bridgehead atoms. The van der Waals surface area contributed by atoms with E-state index in [0.29, 0.717) is 5.56 Å². The van der Waals surface area contributed by atoms with E-state index >= 15 is 0 Å². The Hall–Kier alpha value is -2.96. The number of aromatic amines is 1. The third kappa shape index (κ3) is 6.19. The predicted octanol–water partition coefficient (Wildman–Crippen LogP) is 6.30. The Labute approximate surface area is 216 Å². The van der Waals surface area contributed by atoms with Gasteiger partial charge in [-0.05, 0) is 55.9 Å². The number of allylic oxidation sites excluding steroid dienone is 3. The number of H-pyrrole nitrogens is 1. The molecule has 1 aromatic rings. The van der Waals surface area contributed by atoms with Crippen molar-refractivity contribution < 1.29 is 0 Å². The van der Waals surface area contributed by atoms with Gasteiger partial charge >= 0.3 is 0 Å². The summed E-state index contributed by atoms with van der Waals surface area (Å²) in [5.41, 5.74) is 7.56. The number of nitrogens with zero attached hydrogens (tertiary/aromatic N) is 3. The molecule has 1 saturated heterocycles. The van der Waals surface area contributed by atoms with Crippen LogP contribution in [0.4, 0.5) is 11.4 Å². The first kappa shape index (κ1) is 25.1. The molecule has 182 valence electrons. The van der Waals surface area contributed by atoms with Crippen molar-refractivity contribution in [2.24, 2.45) is 4.99 Å². The van der Waals surface area contributed by atoms with Crippen molar-refractivity contribution in [1.29, 1.82) is 0 Å². The molecule has 5 nitrogen and oxygen atoms in total. The smallest absolute Gasteiger partial charge is 0.258 e. The van der Waals surface area contributed by atoms with Gasteiger partial charge in [0.1, 0.15) is 0 Å². The van der Waals surface area contributed by atoms with Crippen LogP contribution in [0.15, 0.2) is 80.5 Å². The molecule has 0 amide bonds. The molecule has 0 aromatic heterocycles. The van der Waals surface area contributed by atoms with Gasteiger partial charge in [0.05, 0.1) is 17.0 Å². The number of aromatic nitrogens is 1. The molecule has 1 N–H and O–H groups in total. The van der Waals surface area contributed by atoms with Crippen molar-refractivity contribution >= 4 is 33.0 Å². The van der Waals surface area contributed by atoms with E-state index in [1.807, 2.05) is 44.2 Å². The Morgan fingerprint density at radius 2 is 1.77 bits per heavy atom. The minimum absolute atomic E-state index is 0.0940. The van der Waals surface area contributed by atoms with Crippen LogP contribution in [-0.4, -0.2) is 48.3 Å². The largest absolute Gasteiger partial charge is 0.369 e. The van der Waals surface area contributed by atoms with Crippen LogP contribution in [-0.2, 0) is 0 Å². The Morgan fingerprint density at radius 3 is 2.51 bits per heavy atom. The molecule has 1 aromatic carbocycles. The van der Waals surface area contributed by atoms with Gasteiger partial charge in [-0.2, -0.15) is 0 Å². The van der Waals surface area contributed by atoms with Gasteiger partial charge < -0.3 is 9.88 Å². The van der Waals surface area contributed by atoms with Gasteiger partial charge in [0, 0.05) is 49.7 Å². The lowest BCUT2D eigenvalue weighted by Gasteiger charge is -2.36. The molecule has 0 unspecified atom stereocenters. The van der Waals surface area contributed by atoms with E-state index in [4.69, 9.17) is 4.99 Å². The molecule has 4 rings (SSSR count). The fraction of sp³-hybridized carbons (Fsp3) is 0.310. The lowest BCUT2D eigenvalue weighted by Crippen LogP contribution is -2.46. The van der Waals surface area contributed by atoms with E-state index in [0.717, 1.165) is 65.4 Å². The van der Waals surface area contributed by atoms with Crippen molar-refractivity contribution in [3.63, 3.8) is 0 Å². The number of fused-ring (bicyclic) bond motifs is 1. The number of piperazine rings is 1. The van der Waals surface area contributed by atoms with Crippen molar-refractivity contribution in [1.82, 2.24) is 9.88 Å². The zero-order chi connectivity index (χ0) is 24.9. The van der Waals surface area contributed by atoms with Crippen LogP contribution in [0.5, 0.6) is 0 Å². The number of aryl methyl sites for hydroxylation is 1. The highest BCUT2D eigenvalue weighted by Gasteiger charge is 2.19. The van der Waals surface area contributed by atoms with E-state index < -0.39 is 0 Å². The topological polar surface area (TPSA) is 51.7 Å². The molecule has 0 atom stereocenters. The first-order chi connectivity index (χ1) is 16.8. The molecule has 35 heavy (non-hydrogen) atoms. The highest BCUT2D eigenvalue weighted by atomic mass is 79.9. The second kappa shape index (κ2) is 11.2. The van der Waals surface area contributed by atoms with Crippen molar-refractivity contribution in [2.45, 2.75) is 27.7 Å². The van der Waals surface area contributed by atoms with Crippen LogP contribution in [0.3, 0.4) is 0 Å². The normalized spacial score (nSPS) is 16.3. The summed E-state index contributed by atoms with van der Waals surface area (Å²) in [4.78, 5) is 25.5. The molecule has 2 heterocycles. The average Bonchev–Trinajstić information content (AvgIpc) is 2.97. The van der Waals surface area contributed by atoms with E-state index in [1.165, 1.54) is 11.3 Å². The maximum absolute atomic E-state index is 12.7. The zero-order valence-corrected chi connectivity index (χ0v) is 22.5. The predicted molar refractivity (Wildman–Crippen MR) is 152 cm³/mol. The van der Waals surface area contributed by atoms with Crippen LogP contribution in [0.1, 0.15) is 31.9 Å². The lowest BCUT2D eigenvalue weighted by atomic mass is 10.1. The summed E-state index contributed by atoms with van der Waals surface area (Å²) >= 11 is 3.48. The van der Waals surface area contributed by atoms with Gasteiger partial charge in [0.15, 0.2) is 0 Å². The van der Waals surface area contributed by atoms with Gasteiger partial charge in [0.2, 0.25) is 0 Å². The maximum atomic E-state index is 12.7. The van der Waals surface area contributed by atoms with E-state index in [1.54, 1.807) is 0 Å². The Morgan fingerprint density at radius 1 is 1.03 bits per heavy atom.